The molecule has 1 N–H and O–H groups in total. The lowest BCUT2D eigenvalue weighted by atomic mass is 10.1. The number of aromatic nitrogens is 2. The molecule has 5 heteroatoms. The Labute approximate surface area is 163 Å². The highest BCUT2D eigenvalue weighted by molar-refractivity contribution is 5.95. The number of para-hydroxylation sites is 1. The third-order valence-corrected chi connectivity index (χ3v) is 4.58. The number of rotatable bonds is 5. The molecule has 0 aliphatic carbocycles. The maximum Gasteiger partial charge on any atom is 0.255 e. The molecular formula is C23H21N3O2. The molecule has 0 radical (unpaired) electrons. The molecule has 2 aromatic carbocycles. The van der Waals surface area contributed by atoms with Gasteiger partial charge in [0.05, 0.1) is 16.9 Å². The molecule has 2 aromatic heterocycles. The van der Waals surface area contributed by atoms with Crippen LogP contribution in [0.3, 0.4) is 0 Å². The van der Waals surface area contributed by atoms with E-state index in [1.165, 1.54) is 0 Å². The molecule has 0 spiro atoms. The van der Waals surface area contributed by atoms with Gasteiger partial charge >= 0.3 is 0 Å². The van der Waals surface area contributed by atoms with Gasteiger partial charge < -0.3 is 9.73 Å². The van der Waals surface area contributed by atoms with Crippen molar-refractivity contribution in [1.29, 1.82) is 0 Å². The minimum atomic E-state index is -0.152. The normalized spacial score (nSPS) is 10.8. The summed E-state index contributed by atoms with van der Waals surface area (Å²) in [5, 5.41) is 7.76. The van der Waals surface area contributed by atoms with Gasteiger partial charge in [0.25, 0.3) is 5.91 Å². The number of nitrogens with one attached hydrogen (secondary N) is 1. The summed E-state index contributed by atoms with van der Waals surface area (Å²) < 4.78 is 7.31. The first-order valence-corrected chi connectivity index (χ1v) is 9.16. The molecule has 2 heterocycles. The Morgan fingerprint density at radius 1 is 1.04 bits per heavy atom. The van der Waals surface area contributed by atoms with Crippen LogP contribution in [0.2, 0.25) is 0 Å². The van der Waals surface area contributed by atoms with Crippen LogP contribution >= 0.6 is 0 Å². The first kappa shape index (κ1) is 17.8. The van der Waals surface area contributed by atoms with E-state index in [0.29, 0.717) is 17.9 Å². The van der Waals surface area contributed by atoms with Crippen LogP contribution in [-0.2, 0) is 6.54 Å². The fourth-order valence-electron chi connectivity index (χ4n) is 3.22. The van der Waals surface area contributed by atoms with Crippen molar-refractivity contribution in [2.24, 2.45) is 0 Å². The van der Waals surface area contributed by atoms with Crippen LogP contribution in [0.1, 0.15) is 27.4 Å². The van der Waals surface area contributed by atoms with Gasteiger partial charge in [-0.1, -0.05) is 48.5 Å². The van der Waals surface area contributed by atoms with Crippen LogP contribution in [0, 0.1) is 13.8 Å². The summed E-state index contributed by atoms with van der Waals surface area (Å²) in [6, 6.07) is 21.7. The fourth-order valence-corrected chi connectivity index (χ4v) is 3.22. The van der Waals surface area contributed by atoms with E-state index in [4.69, 9.17) is 9.52 Å². The smallest absolute Gasteiger partial charge is 0.255 e. The number of benzene rings is 2. The summed E-state index contributed by atoms with van der Waals surface area (Å²) in [5.41, 5.74) is 4.34. The standard InChI is InChI=1S/C23H21N3O2/c1-16-13-21(17(2)28-16)23(27)24-14-19-15-26(20-11-7-4-8-12-20)25-22(19)18-9-5-3-6-10-18/h3-13,15H,14H2,1-2H3,(H,24,27). The molecule has 28 heavy (non-hydrogen) atoms. The molecular weight excluding hydrogens is 350 g/mol. The van der Waals surface area contributed by atoms with E-state index >= 15 is 0 Å². The summed E-state index contributed by atoms with van der Waals surface area (Å²) >= 11 is 0. The average Bonchev–Trinajstić information content (AvgIpc) is 3.30. The lowest BCUT2D eigenvalue weighted by Crippen LogP contribution is -2.23. The SMILES string of the molecule is Cc1cc(C(=O)NCc2cn(-c3ccccc3)nc2-c2ccccc2)c(C)o1. The van der Waals surface area contributed by atoms with Gasteiger partial charge in [-0.25, -0.2) is 4.68 Å². The molecule has 0 aliphatic rings. The number of nitrogens with zero attached hydrogens (tertiary/aromatic N) is 2. The van der Waals surface area contributed by atoms with Crippen LogP contribution < -0.4 is 5.32 Å². The number of aryl methyl sites for hydroxylation is 2. The monoisotopic (exact) mass is 371 g/mol. The summed E-state index contributed by atoms with van der Waals surface area (Å²) in [5.74, 6) is 1.20. The highest BCUT2D eigenvalue weighted by Crippen LogP contribution is 2.24. The Morgan fingerprint density at radius 3 is 2.36 bits per heavy atom. The van der Waals surface area contributed by atoms with Crippen molar-refractivity contribution >= 4 is 5.91 Å². The fraction of sp³-hybridized carbons (Fsp3) is 0.130. The van der Waals surface area contributed by atoms with E-state index in [1.54, 1.807) is 13.0 Å². The molecule has 0 unspecified atom stereocenters. The molecule has 1 amide bonds. The van der Waals surface area contributed by atoms with Gasteiger partial charge in [0.2, 0.25) is 0 Å². The lowest BCUT2D eigenvalue weighted by Gasteiger charge is -2.05. The Morgan fingerprint density at radius 2 is 1.71 bits per heavy atom. The minimum Gasteiger partial charge on any atom is -0.466 e. The number of furan rings is 1. The highest BCUT2D eigenvalue weighted by atomic mass is 16.3. The van der Waals surface area contributed by atoms with Crippen molar-refractivity contribution in [2.75, 3.05) is 0 Å². The van der Waals surface area contributed by atoms with Crippen molar-refractivity contribution in [3.05, 3.63) is 95.6 Å². The van der Waals surface area contributed by atoms with Crippen molar-refractivity contribution in [3.8, 4) is 16.9 Å². The lowest BCUT2D eigenvalue weighted by molar-refractivity contribution is 0.0949. The van der Waals surface area contributed by atoms with Crippen LogP contribution in [0.4, 0.5) is 0 Å². The number of amides is 1. The van der Waals surface area contributed by atoms with E-state index in [1.807, 2.05) is 78.5 Å². The molecule has 0 fully saturated rings. The number of hydrogen-bond acceptors (Lipinski definition) is 3. The average molecular weight is 371 g/mol. The van der Waals surface area contributed by atoms with Crippen molar-refractivity contribution in [2.45, 2.75) is 20.4 Å². The van der Waals surface area contributed by atoms with Crippen molar-refractivity contribution < 1.29 is 9.21 Å². The van der Waals surface area contributed by atoms with E-state index in [0.717, 1.165) is 28.3 Å². The zero-order chi connectivity index (χ0) is 19.5. The second-order valence-corrected chi connectivity index (χ2v) is 6.66. The largest absolute Gasteiger partial charge is 0.466 e. The second-order valence-electron chi connectivity index (χ2n) is 6.66. The van der Waals surface area contributed by atoms with E-state index < -0.39 is 0 Å². The maximum atomic E-state index is 12.6. The number of hydrogen-bond donors (Lipinski definition) is 1. The second kappa shape index (κ2) is 7.56. The Bertz CT molecular complexity index is 1100. The summed E-state index contributed by atoms with van der Waals surface area (Å²) in [6.07, 6.45) is 1.96. The van der Waals surface area contributed by atoms with Gasteiger partial charge in [0, 0.05) is 23.9 Å². The summed E-state index contributed by atoms with van der Waals surface area (Å²) in [7, 11) is 0. The molecule has 0 bridgehead atoms. The predicted octanol–water partition coefficient (Wildman–Crippen LogP) is 4.68. The quantitative estimate of drug-likeness (QED) is 0.554. The van der Waals surface area contributed by atoms with E-state index in [2.05, 4.69) is 5.32 Å². The van der Waals surface area contributed by atoms with Gasteiger partial charge in [-0.05, 0) is 32.0 Å². The van der Waals surface area contributed by atoms with Crippen LogP contribution in [-0.4, -0.2) is 15.7 Å². The molecule has 0 saturated heterocycles. The van der Waals surface area contributed by atoms with E-state index in [-0.39, 0.29) is 5.91 Å². The van der Waals surface area contributed by atoms with Crippen LogP contribution in [0.15, 0.2) is 77.3 Å². The number of carbonyl (C=O) groups excluding carboxylic acids is 1. The minimum absolute atomic E-state index is 0.152. The van der Waals surface area contributed by atoms with Gasteiger partial charge in [-0.3, -0.25) is 4.79 Å². The summed E-state index contributed by atoms with van der Waals surface area (Å²) in [4.78, 5) is 12.6. The zero-order valence-electron chi connectivity index (χ0n) is 15.8. The van der Waals surface area contributed by atoms with E-state index in [9.17, 15) is 4.79 Å². The Kier molecular flexibility index (Phi) is 4.81. The van der Waals surface area contributed by atoms with Crippen molar-refractivity contribution in [1.82, 2.24) is 15.1 Å². The van der Waals surface area contributed by atoms with Crippen molar-refractivity contribution in [3.63, 3.8) is 0 Å². The first-order valence-electron chi connectivity index (χ1n) is 9.16. The molecule has 0 aliphatic heterocycles. The molecule has 0 atom stereocenters. The van der Waals surface area contributed by atoms with Crippen LogP contribution in [0.25, 0.3) is 16.9 Å². The third-order valence-electron chi connectivity index (χ3n) is 4.58. The maximum absolute atomic E-state index is 12.6. The molecule has 0 saturated carbocycles. The van der Waals surface area contributed by atoms with Gasteiger partial charge in [0.15, 0.2) is 0 Å². The van der Waals surface area contributed by atoms with Gasteiger partial charge in [0.1, 0.15) is 11.5 Å². The summed E-state index contributed by atoms with van der Waals surface area (Å²) in [6.45, 7) is 4.01. The molecule has 140 valence electrons. The Hall–Kier alpha value is -3.60. The van der Waals surface area contributed by atoms with Crippen LogP contribution in [0.5, 0.6) is 0 Å². The molecule has 4 aromatic rings. The third kappa shape index (κ3) is 3.60. The zero-order valence-corrected chi connectivity index (χ0v) is 15.8. The van der Waals surface area contributed by atoms with Gasteiger partial charge in [-0.2, -0.15) is 5.10 Å². The molecule has 4 rings (SSSR count). The topological polar surface area (TPSA) is 60.1 Å². The van der Waals surface area contributed by atoms with Gasteiger partial charge in [-0.15, -0.1) is 0 Å². The molecule has 5 nitrogen and oxygen atoms in total. The number of carbonyl (C=O) groups is 1. The Balaban J connectivity index is 1.64. The highest BCUT2D eigenvalue weighted by Gasteiger charge is 2.16. The first-order chi connectivity index (χ1) is 13.6. The predicted molar refractivity (Wildman–Crippen MR) is 108 cm³/mol.